The van der Waals surface area contributed by atoms with Crippen LogP contribution < -0.4 is 9.47 Å². The number of carboxylic acids is 1. The summed E-state index contributed by atoms with van der Waals surface area (Å²) in [6, 6.07) is 4.07. The van der Waals surface area contributed by atoms with Crippen molar-refractivity contribution < 1.29 is 39.8 Å². The molecule has 0 bridgehead atoms. The summed E-state index contributed by atoms with van der Waals surface area (Å²) < 4.78 is 10.3. The molecule has 1 atom stereocenters. The first-order valence-corrected chi connectivity index (χ1v) is 8.08. The Bertz CT molecular complexity index is 1060. The molecule has 0 fully saturated rings. The van der Waals surface area contributed by atoms with Gasteiger partial charge in [-0.25, -0.2) is 19.7 Å². The Morgan fingerprint density at radius 1 is 1.03 bits per heavy atom. The van der Waals surface area contributed by atoms with Crippen LogP contribution in [-0.4, -0.2) is 70.9 Å². The van der Waals surface area contributed by atoms with Crippen molar-refractivity contribution in [1.29, 1.82) is 0 Å². The van der Waals surface area contributed by atoms with Gasteiger partial charge < -0.3 is 35.0 Å². The van der Waals surface area contributed by atoms with Crippen molar-refractivity contribution in [3.8, 4) is 28.8 Å². The van der Waals surface area contributed by atoms with Gasteiger partial charge in [-0.15, -0.1) is 0 Å². The quantitative estimate of drug-likeness (QED) is 0.242. The lowest BCUT2D eigenvalue weighted by atomic mass is 9.92. The Hall–Kier alpha value is -3.65. The number of ether oxygens (including phenoxy) is 2. The van der Waals surface area contributed by atoms with Gasteiger partial charge in [-0.1, -0.05) is 0 Å². The van der Waals surface area contributed by atoms with Crippen molar-refractivity contribution in [2.24, 2.45) is 0 Å². The van der Waals surface area contributed by atoms with E-state index in [1.54, 1.807) is 0 Å². The molecule has 3 aromatic heterocycles. The number of carboxylic acid groups (broad SMARTS) is 1. The highest BCUT2D eigenvalue weighted by Crippen LogP contribution is 2.32. The number of nitrogens with zero attached hydrogens (tertiary/aromatic N) is 4. The first kappa shape index (κ1) is 21.1. The second-order valence-electron chi connectivity index (χ2n) is 5.85. The minimum absolute atomic E-state index is 0.0867. The van der Waals surface area contributed by atoms with E-state index in [0.29, 0.717) is 5.56 Å². The second-order valence-corrected chi connectivity index (χ2v) is 5.85. The summed E-state index contributed by atoms with van der Waals surface area (Å²) in [5.74, 6) is -5.25. The largest absolute Gasteiger partial charge is 0.478 e. The molecule has 13 heteroatoms. The normalized spacial score (nSPS) is 13.3. The molecule has 0 aliphatic heterocycles. The molecule has 3 rings (SSSR count). The van der Waals surface area contributed by atoms with Crippen LogP contribution in [0.15, 0.2) is 49.2 Å². The molecule has 0 amide bonds. The van der Waals surface area contributed by atoms with Crippen molar-refractivity contribution >= 4 is 13.8 Å². The van der Waals surface area contributed by atoms with Crippen LogP contribution in [0.4, 0.5) is 0 Å². The Morgan fingerprint density at radius 2 is 1.73 bits per heavy atom. The molecule has 0 aromatic carbocycles. The lowest BCUT2D eigenvalue weighted by molar-refractivity contribution is -0.408. The van der Waals surface area contributed by atoms with Gasteiger partial charge in [0.25, 0.3) is 5.88 Å². The smallest absolute Gasteiger partial charge is 0.338 e. The maximum atomic E-state index is 10.9. The monoisotopic (exact) mass is 412 g/mol. The van der Waals surface area contributed by atoms with Gasteiger partial charge in [0.2, 0.25) is 5.69 Å². The summed E-state index contributed by atoms with van der Waals surface area (Å²) in [4.78, 5) is 26.7. The summed E-state index contributed by atoms with van der Waals surface area (Å²) in [5, 5.41) is 45.9. The molecule has 0 aliphatic carbocycles. The average Bonchev–Trinajstić information content (AvgIpc) is 2.69. The summed E-state index contributed by atoms with van der Waals surface area (Å²) in [7, 11) is 5.15. The summed E-state index contributed by atoms with van der Waals surface area (Å²) in [6.07, 6.45) is 6.30. The Balaban J connectivity index is 1.86. The first-order chi connectivity index (χ1) is 14.1. The molecule has 0 spiro atoms. The maximum absolute atomic E-state index is 10.9. The Morgan fingerprint density at radius 3 is 2.37 bits per heavy atom. The van der Waals surface area contributed by atoms with E-state index in [0.717, 1.165) is 12.4 Å². The predicted octanol–water partition coefficient (Wildman–Crippen LogP) is -0.752. The van der Waals surface area contributed by atoms with Gasteiger partial charge in [-0.3, -0.25) is 4.98 Å². The number of hydrogen-bond acceptors (Lipinski definition) is 11. The zero-order valence-corrected chi connectivity index (χ0v) is 14.9. The highest BCUT2D eigenvalue weighted by Gasteiger charge is 2.45. The fraction of sp³-hybridized carbons (Fsp3) is 0.118. The molecule has 152 valence electrons. The number of aromatic carboxylic acids is 1. The lowest BCUT2D eigenvalue weighted by Gasteiger charge is -2.32. The van der Waals surface area contributed by atoms with E-state index in [4.69, 9.17) is 37.7 Å². The molecule has 0 saturated heterocycles. The van der Waals surface area contributed by atoms with Crippen molar-refractivity contribution in [1.82, 2.24) is 19.9 Å². The van der Waals surface area contributed by atoms with Gasteiger partial charge in [-0.2, -0.15) is 0 Å². The zero-order chi connectivity index (χ0) is 21.9. The highest BCUT2D eigenvalue weighted by atomic mass is 16.8. The predicted molar refractivity (Wildman–Crippen MR) is 97.3 cm³/mol. The minimum atomic E-state index is -3.78. The SMILES string of the molecule is [B]C(O)(Oc1cccnc1Oc1cncc(-c2ncc(C(=O)O)cn2)c1)C(O)(O)O. The summed E-state index contributed by atoms with van der Waals surface area (Å²) in [5.41, 5.74) is -3.00. The number of aliphatic hydroxyl groups is 4. The molecule has 12 nitrogen and oxygen atoms in total. The summed E-state index contributed by atoms with van der Waals surface area (Å²) >= 11 is 0. The Labute approximate surface area is 169 Å². The van der Waals surface area contributed by atoms with E-state index in [2.05, 4.69) is 19.9 Å². The fourth-order valence-corrected chi connectivity index (χ4v) is 2.06. The van der Waals surface area contributed by atoms with Crippen LogP contribution in [0.1, 0.15) is 10.4 Å². The number of hydrogen-bond donors (Lipinski definition) is 5. The van der Waals surface area contributed by atoms with E-state index in [-0.39, 0.29) is 28.8 Å². The Kier molecular flexibility index (Phi) is 5.62. The standard InChI is InChI=1S/C17H13BN4O8/c18-16(25,17(26,27)28)30-12-2-1-3-20-14(12)29-11-4-9(5-19-8-11)13-21-6-10(7-22-13)15(23)24/h1-8,25-28H,(H,23,24). The summed E-state index contributed by atoms with van der Waals surface area (Å²) in [6.45, 7) is 0. The van der Waals surface area contributed by atoms with Crippen LogP contribution in [0.5, 0.6) is 17.4 Å². The average molecular weight is 412 g/mol. The number of pyridine rings is 2. The van der Waals surface area contributed by atoms with Crippen LogP contribution >= 0.6 is 0 Å². The van der Waals surface area contributed by atoms with Crippen molar-refractivity contribution in [2.45, 2.75) is 11.7 Å². The van der Waals surface area contributed by atoms with E-state index >= 15 is 0 Å². The van der Waals surface area contributed by atoms with E-state index in [9.17, 15) is 9.90 Å². The topological polar surface area (TPSA) is 188 Å². The first-order valence-electron chi connectivity index (χ1n) is 8.08. The van der Waals surface area contributed by atoms with Crippen molar-refractivity contribution in [3.63, 3.8) is 0 Å². The maximum Gasteiger partial charge on any atom is 0.338 e. The minimum Gasteiger partial charge on any atom is -0.478 e. The molecular weight excluding hydrogens is 399 g/mol. The molecule has 0 aliphatic rings. The van der Waals surface area contributed by atoms with Crippen LogP contribution in [0.25, 0.3) is 11.4 Å². The van der Waals surface area contributed by atoms with Gasteiger partial charge in [-0.05, 0) is 18.2 Å². The second kappa shape index (κ2) is 8.00. The van der Waals surface area contributed by atoms with Gasteiger partial charge in [0.05, 0.1) is 11.8 Å². The van der Waals surface area contributed by atoms with Gasteiger partial charge >= 0.3 is 11.9 Å². The number of carbonyl (C=O) groups is 1. The molecule has 2 radical (unpaired) electrons. The van der Waals surface area contributed by atoms with Gasteiger partial charge in [0, 0.05) is 30.4 Å². The van der Waals surface area contributed by atoms with Crippen molar-refractivity contribution in [3.05, 3.63) is 54.7 Å². The third-order valence-electron chi connectivity index (χ3n) is 3.57. The van der Waals surface area contributed by atoms with Crippen molar-refractivity contribution in [2.75, 3.05) is 0 Å². The van der Waals surface area contributed by atoms with E-state index in [1.165, 1.54) is 36.8 Å². The highest BCUT2D eigenvalue weighted by molar-refractivity contribution is 6.14. The van der Waals surface area contributed by atoms with Crippen LogP contribution in [0.2, 0.25) is 0 Å². The molecule has 5 N–H and O–H groups in total. The van der Waals surface area contributed by atoms with E-state index < -0.39 is 17.6 Å². The van der Waals surface area contributed by atoms with Gasteiger partial charge in [0.15, 0.2) is 19.4 Å². The van der Waals surface area contributed by atoms with Crippen LogP contribution in [-0.2, 0) is 0 Å². The third-order valence-corrected chi connectivity index (χ3v) is 3.57. The molecule has 1 unspecified atom stereocenters. The molecule has 3 heterocycles. The third kappa shape index (κ3) is 4.67. The number of rotatable bonds is 7. The van der Waals surface area contributed by atoms with Crippen LogP contribution in [0.3, 0.4) is 0 Å². The molecular formula is C17H13BN4O8. The van der Waals surface area contributed by atoms with E-state index in [1.807, 2.05) is 0 Å². The fourth-order valence-electron chi connectivity index (χ4n) is 2.06. The number of aromatic nitrogens is 4. The van der Waals surface area contributed by atoms with Crippen LogP contribution in [0, 0.1) is 0 Å². The molecule has 0 saturated carbocycles. The molecule has 3 aromatic rings. The molecule has 30 heavy (non-hydrogen) atoms. The zero-order valence-electron chi connectivity index (χ0n) is 14.9. The lowest BCUT2D eigenvalue weighted by Crippen LogP contribution is -2.59. The van der Waals surface area contributed by atoms with Gasteiger partial charge in [0.1, 0.15) is 5.75 Å².